The quantitative estimate of drug-likeness (QED) is 0.302. The lowest BCUT2D eigenvalue weighted by Crippen LogP contribution is -2.13. The highest BCUT2D eigenvalue weighted by Gasteiger charge is 2.06. The van der Waals surface area contributed by atoms with Gasteiger partial charge in [0.05, 0.1) is 6.61 Å². The zero-order chi connectivity index (χ0) is 11.8. The Balaban J connectivity index is 2.74. The molecule has 1 heterocycles. The van der Waals surface area contributed by atoms with Crippen LogP contribution >= 0.6 is 0 Å². The summed E-state index contributed by atoms with van der Waals surface area (Å²) in [5, 5.41) is 0. The predicted octanol–water partition coefficient (Wildman–Crippen LogP) is -0.0420. The van der Waals surface area contributed by atoms with E-state index in [4.69, 9.17) is 21.7 Å². The summed E-state index contributed by atoms with van der Waals surface area (Å²) in [4.78, 5) is 11.7. The number of terminal acetylenes is 1. The molecule has 0 atom stereocenters. The van der Waals surface area contributed by atoms with Crippen LogP contribution in [0.1, 0.15) is 13.3 Å². The van der Waals surface area contributed by atoms with Crippen molar-refractivity contribution in [2.24, 2.45) is 5.84 Å². The minimum Gasteiger partial charge on any atom is -0.464 e. The van der Waals surface area contributed by atoms with Crippen molar-refractivity contribution < 1.29 is 9.47 Å². The molecule has 16 heavy (non-hydrogen) atoms. The first-order valence-corrected chi connectivity index (χ1v) is 4.72. The van der Waals surface area contributed by atoms with E-state index in [1.165, 1.54) is 0 Å². The van der Waals surface area contributed by atoms with Gasteiger partial charge in [-0.1, -0.05) is 0 Å². The standard InChI is InChI=1S/C9H13N5O2/c1-3-5-6-16-9-12-7(14-10)11-8(13-9)15-4-2/h1H,4-6,10H2,2H3,(H,11,12,13,14). The zero-order valence-electron chi connectivity index (χ0n) is 8.93. The monoisotopic (exact) mass is 223 g/mol. The van der Waals surface area contributed by atoms with Gasteiger partial charge in [0.2, 0.25) is 5.95 Å². The molecule has 0 unspecified atom stereocenters. The molecule has 7 heteroatoms. The number of nitrogens with two attached hydrogens (primary N) is 1. The second-order valence-electron chi connectivity index (χ2n) is 2.60. The molecule has 1 rings (SSSR count). The number of rotatable bonds is 6. The summed E-state index contributed by atoms with van der Waals surface area (Å²) in [5.41, 5.74) is 2.29. The lowest BCUT2D eigenvalue weighted by molar-refractivity contribution is 0.274. The van der Waals surface area contributed by atoms with E-state index in [0.717, 1.165) is 0 Å². The van der Waals surface area contributed by atoms with Crippen LogP contribution < -0.4 is 20.7 Å². The number of ether oxygens (including phenoxy) is 2. The average molecular weight is 223 g/mol. The van der Waals surface area contributed by atoms with E-state index < -0.39 is 0 Å². The van der Waals surface area contributed by atoms with Crippen LogP contribution in [0.15, 0.2) is 0 Å². The maximum atomic E-state index is 5.20. The van der Waals surface area contributed by atoms with Crippen LogP contribution in [0.3, 0.4) is 0 Å². The minimum atomic E-state index is 0.127. The van der Waals surface area contributed by atoms with Crippen molar-refractivity contribution in [3.05, 3.63) is 0 Å². The van der Waals surface area contributed by atoms with E-state index in [2.05, 4.69) is 26.3 Å². The van der Waals surface area contributed by atoms with Crippen molar-refractivity contribution in [2.75, 3.05) is 18.6 Å². The van der Waals surface area contributed by atoms with Gasteiger partial charge >= 0.3 is 12.0 Å². The van der Waals surface area contributed by atoms with Gasteiger partial charge in [-0.05, 0) is 6.92 Å². The molecule has 0 aliphatic carbocycles. The highest BCUT2D eigenvalue weighted by atomic mass is 16.5. The van der Waals surface area contributed by atoms with Crippen molar-refractivity contribution in [2.45, 2.75) is 13.3 Å². The molecule has 0 amide bonds. The normalized spacial score (nSPS) is 9.31. The molecule has 0 bridgehead atoms. The Morgan fingerprint density at radius 1 is 1.31 bits per heavy atom. The van der Waals surface area contributed by atoms with Gasteiger partial charge in [0, 0.05) is 6.42 Å². The van der Waals surface area contributed by atoms with Crippen LogP contribution in [0.4, 0.5) is 5.95 Å². The summed E-state index contributed by atoms with van der Waals surface area (Å²) < 4.78 is 10.3. The fourth-order valence-electron chi connectivity index (χ4n) is 0.862. The SMILES string of the molecule is C#CCCOc1nc(NN)nc(OCC)n1. The Hall–Kier alpha value is -2.07. The smallest absolute Gasteiger partial charge is 0.324 e. The first kappa shape index (κ1) is 12.0. The first-order valence-electron chi connectivity index (χ1n) is 4.72. The van der Waals surface area contributed by atoms with Crippen LogP contribution in [0.5, 0.6) is 12.0 Å². The number of nitrogens with one attached hydrogen (secondary N) is 1. The molecule has 0 fully saturated rings. The largest absolute Gasteiger partial charge is 0.464 e. The van der Waals surface area contributed by atoms with E-state index >= 15 is 0 Å². The summed E-state index contributed by atoms with van der Waals surface area (Å²) in [6.07, 6.45) is 5.56. The highest BCUT2D eigenvalue weighted by Crippen LogP contribution is 2.12. The number of aromatic nitrogens is 3. The third-order valence-electron chi connectivity index (χ3n) is 1.47. The lowest BCUT2D eigenvalue weighted by Gasteiger charge is -2.06. The Morgan fingerprint density at radius 2 is 2.00 bits per heavy atom. The topological polar surface area (TPSA) is 95.2 Å². The summed E-state index contributed by atoms with van der Waals surface area (Å²) in [6, 6.07) is 0.280. The molecule has 86 valence electrons. The fraction of sp³-hybridized carbons (Fsp3) is 0.444. The van der Waals surface area contributed by atoms with Crippen molar-refractivity contribution in [1.82, 2.24) is 15.0 Å². The van der Waals surface area contributed by atoms with E-state index in [-0.39, 0.29) is 18.0 Å². The van der Waals surface area contributed by atoms with Gasteiger partial charge in [-0.15, -0.1) is 17.3 Å². The maximum absolute atomic E-state index is 5.20. The van der Waals surface area contributed by atoms with Gasteiger partial charge in [-0.25, -0.2) is 5.84 Å². The molecule has 0 radical (unpaired) electrons. The lowest BCUT2D eigenvalue weighted by atomic mass is 10.5. The van der Waals surface area contributed by atoms with Gasteiger partial charge < -0.3 is 9.47 Å². The van der Waals surface area contributed by atoms with E-state index in [9.17, 15) is 0 Å². The minimum absolute atomic E-state index is 0.127. The van der Waals surface area contributed by atoms with Crippen LogP contribution in [0.25, 0.3) is 0 Å². The molecule has 0 spiro atoms. The first-order chi connectivity index (χ1) is 7.80. The highest BCUT2D eigenvalue weighted by molar-refractivity contribution is 5.25. The molecule has 0 saturated carbocycles. The van der Waals surface area contributed by atoms with Gasteiger partial charge in [0.25, 0.3) is 0 Å². The number of hydrogen-bond acceptors (Lipinski definition) is 7. The van der Waals surface area contributed by atoms with Crippen molar-refractivity contribution in [3.8, 4) is 24.4 Å². The molecular formula is C9H13N5O2. The van der Waals surface area contributed by atoms with Gasteiger partial charge in [-0.3, -0.25) is 5.43 Å². The van der Waals surface area contributed by atoms with Crippen LogP contribution in [0, 0.1) is 12.3 Å². The number of nitrogen functional groups attached to an aromatic ring is 1. The second kappa shape index (κ2) is 6.42. The fourth-order valence-corrected chi connectivity index (χ4v) is 0.862. The number of hydrazine groups is 1. The molecule has 1 aromatic heterocycles. The zero-order valence-corrected chi connectivity index (χ0v) is 8.93. The van der Waals surface area contributed by atoms with Gasteiger partial charge in [0.15, 0.2) is 0 Å². The Kier molecular flexibility index (Phi) is 4.82. The third-order valence-corrected chi connectivity index (χ3v) is 1.47. The average Bonchev–Trinajstić information content (AvgIpc) is 2.29. The molecule has 0 aromatic carbocycles. The van der Waals surface area contributed by atoms with Crippen LogP contribution in [0.2, 0.25) is 0 Å². The van der Waals surface area contributed by atoms with Crippen molar-refractivity contribution >= 4 is 5.95 Å². The molecule has 7 nitrogen and oxygen atoms in total. The van der Waals surface area contributed by atoms with Crippen LogP contribution in [-0.4, -0.2) is 28.2 Å². The molecular weight excluding hydrogens is 210 g/mol. The second-order valence-corrected chi connectivity index (χ2v) is 2.60. The van der Waals surface area contributed by atoms with E-state index in [0.29, 0.717) is 19.6 Å². The summed E-state index contributed by atoms with van der Waals surface area (Å²) >= 11 is 0. The Labute approximate surface area is 93.4 Å². The Bertz CT molecular complexity index is 377. The summed E-state index contributed by atoms with van der Waals surface area (Å²) in [5.74, 6) is 7.81. The molecule has 1 aromatic rings. The van der Waals surface area contributed by atoms with Gasteiger partial charge in [-0.2, -0.15) is 9.97 Å². The number of nitrogens with zero attached hydrogens (tertiary/aromatic N) is 3. The predicted molar refractivity (Wildman–Crippen MR) is 57.8 cm³/mol. The number of anilines is 1. The van der Waals surface area contributed by atoms with E-state index in [1.807, 2.05) is 6.92 Å². The summed E-state index contributed by atoms with van der Waals surface area (Å²) in [7, 11) is 0. The number of hydrogen-bond donors (Lipinski definition) is 2. The molecule has 0 saturated heterocycles. The van der Waals surface area contributed by atoms with Crippen molar-refractivity contribution in [1.29, 1.82) is 0 Å². The molecule has 0 aliphatic rings. The Morgan fingerprint density at radius 3 is 2.56 bits per heavy atom. The summed E-state index contributed by atoms with van der Waals surface area (Å²) in [6.45, 7) is 2.59. The van der Waals surface area contributed by atoms with Crippen LogP contribution in [-0.2, 0) is 0 Å². The third kappa shape index (κ3) is 3.59. The maximum Gasteiger partial charge on any atom is 0.324 e. The molecule has 3 N–H and O–H groups in total. The van der Waals surface area contributed by atoms with Gasteiger partial charge in [0.1, 0.15) is 6.61 Å². The van der Waals surface area contributed by atoms with Crippen molar-refractivity contribution in [3.63, 3.8) is 0 Å². The van der Waals surface area contributed by atoms with E-state index in [1.54, 1.807) is 0 Å². The molecule has 0 aliphatic heterocycles.